The molecule has 3 aliphatic rings. The van der Waals surface area contributed by atoms with E-state index in [1.807, 2.05) is 0 Å². The second-order valence-corrected chi connectivity index (χ2v) is 8.38. The van der Waals surface area contributed by atoms with E-state index >= 15 is 0 Å². The molecule has 6 heteroatoms. The number of esters is 1. The third-order valence-electron chi connectivity index (χ3n) is 5.78. The van der Waals surface area contributed by atoms with Crippen LogP contribution in [0, 0.1) is 17.8 Å². The van der Waals surface area contributed by atoms with Crippen LogP contribution in [0.3, 0.4) is 0 Å². The highest BCUT2D eigenvalue weighted by molar-refractivity contribution is 7.17. The molecule has 0 amide bonds. The van der Waals surface area contributed by atoms with Crippen molar-refractivity contribution in [1.29, 1.82) is 0 Å². The van der Waals surface area contributed by atoms with Crippen molar-refractivity contribution in [2.45, 2.75) is 44.9 Å². The summed E-state index contributed by atoms with van der Waals surface area (Å²) in [7, 11) is 0. The Hall–Kier alpha value is -1.43. The van der Waals surface area contributed by atoms with Crippen molar-refractivity contribution in [2.24, 2.45) is 17.8 Å². The lowest BCUT2D eigenvalue weighted by Gasteiger charge is -2.25. The zero-order valence-electron chi connectivity index (χ0n) is 13.9. The van der Waals surface area contributed by atoms with E-state index in [0.29, 0.717) is 16.7 Å². The summed E-state index contributed by atoms with van der Waals surface area (Å²) < 4.78 is 5.33. The molecule has 3 atom stereocenters. The van der Waals surface area contributed by atoms with Crippen molar-refractivity contribution in [3.8, 4) is 0 Å². The number of hydrogen-bond acceptors (Lipinski definition) is 6. The molecule has 1 aromatic rings. The molecule has 3 fully saturated rings. The number of piperidine rings is 1. The predicted molar refractivity (Wildman–Crippen MR) is 92.4 cm³/mol. The van der Waals surface area contributed by atoms with Gasteiger partial charge in [-0.05, 0) is 50.4 Å². The number of nitrogens with zero attached hydrogens (tertiary/aromatic N) is 2. The van der Waals surface area contributed by atoms with E-state index in [-0.39, 0.29) is 24.3 Å². The van der Waals surface area contributed by atoms with E-state index in [1.165, 1.54) is 43.4 Å². The number of carbonyl (C=O) groups excluding carboxylic acids is 2. The number of thiazole rings is 1. The molecule has 2 saturated carbocycles. The fourth-order valence-electron chi connectivity index (χ4n) is 4.47. The molecule has 1 aromatic heterocycles. The number of carbonyl (C=O) groups is 2. The SMILES string of the molecule is O=C(COC(=O)[C@H]1C[C@H]2CC[C@H]1C2)c1cnc(N2CCCCC2)s1. The standard InChI is InChI=1S/C18H24N2O3S/c21-15(11-23-17(22)14-9-12-4-5-13(14)8-12)16-10-19-18(24-16)20-6-2-1-3-7-20/h10,12-14H,1-9,11H2/t12-,13-,14-/m0/s1. The minimum atomic E-state index is -0.170. The second kappa shape index (κ2) is 6.82. The van der Waals surface area contributed by atoms with E-state index in [1.54, 1.807) is 6.20 Å². The molecule has 0 aromatic carbocycles. The highest BCUT2D eigenvalue weighted by atomic mass is 32.1. The number of ether oxygens (including phenoxy) is 1. The number of ketones is 1. The summed E-state index contributed by atoms with van der Waals surface area (Å²) >= 11 is 1.42. The summed E-state index contributed by atoms with van der Waals surface area (Å²) in [4.78, 5) is 31.7. The Morgan fingerprint density at radius 2 is 2.04 bits per heavy atom. The lowest BCUT2D eigenvalue weighted by Crippen LogP contribution is -2.29. The van der Waals surface area contributed by atoms with Crippen LogP contribution in [0.4, 0.5) is 5.13 Å². The molecular formula is C18H24N2O3S. The Balaban J connectivity index is 1.30. The maximum Gasteiger partial charge on any atom is 0.309 e. The molecule has 24 heavy (non-hydrogen) atoms. The molecule has 0 spiro atoms. The van der Waals surface area contributed by atoms with Crippen molar-refractivity contribution >= 4 is 28.2 Å². The van der Waals surface area contributed by atoms with Gasteiger partial charge in [0.15, 0.2) is 11.7 Å². The van der Waals surface area contributed by atoms with Gasteiger partial charge in [-0.3, -0.25) is 9.59 Å². The summed E-state index contributed by atoms with van der Waals surface area (Å²) in [5.74, 6) is 0.925. The molecule has 1 aliphatic heterocycles. The largest absolute Gasteiger partial charge is 0.457 e. The zero-order chi connectivity index (χ0) is 16.5. The smallest absolute Gasteiger partial charge is 0.309 e. The summed E-state index contributed by atoms with van der Waals surface area (Å²) in [6, 6.07) is 0. The highest BCUT2D eigenvalue weighted by Crippen LogP contribution is 2.48. The van der Waals surface area contributed by atoms with Gasteiger partial charge in [-0.1, -0.05) is 17.8 Å². The number of fused-ring (bicyclic) bond motifs is 2. The summed E-state index contributed by atoms with van der Waals surface area (Å²) in [5, 5.41) is 0.914. The first-order valence-electron chi connectivity index (χ1n) is 9.11. The molecule has 2 bridgehead atoms. The summed E-state index contributed by atoms with van der Waals surface area (Å²) in [5.41, 5.74) is 0. The van der Waals surface area contributed by atoms with Gasteiger partial charge >= 0.3 is 5.97 Å². The van der Waals surface area contributed by atoms with Crippen LogP contribution in [-0.4, -0.2) is 36.4 Å². The quantitative estimate of drug-likeness (QED) is 0.604. The lowest BCUT2D eigenvalue weighted by atomic mass is 9.89. The minimum absolute atomic E-state index is 0.0296. The van der Waals surface area contributed by atoms with E-state index in [9.17, 15) is 9.59 Å². The van der Waals surface area contributed by atoms with E-state index in [2.05, 4.69) is 9.88 Å². The molecule has 0 N–H and O–H groups in total. The van der Waals surface area contributed by atoms with E-state index in [4.69, 9.17) is 4.74 Å². The van der Waals surface area contributed by atoms with Gasteiger partial charge < -0.3 is 9.64 Å². The summed E-state index contributed by atoms with van der Waals surface area (Å²) in [6.45, 7) is 1.88. The van der Waals surface area contributed by atoms with Gasteiger partial charge in [0.25, 0.3) is 0 Å². The second-order valence-electron chi connectivity index (χ2n) is 7.37. The molecule has 1 saturated heterocycles. The van der Waals surface area contributed by atoms with Crippen LogP contribution in [0.1, 0.15) is 54.6 Å². The van der Waals surface area contributed by atoms with E-state index in [0.717, 1.165) is 31.1 Å². The Morgan fingerprint density at radius 3 is 2.75 bits per heavy atom. The van der Waals surface area contributed by atoms with Gasteiger partial charge in [-0.2, -0.15) is 0 Å². The number of hydrogen-bond donors (Lipinski definition) is 0. The molecule has 0 radical (unpaired) electrons. The molecule has 4 rings (SSSR count). The summed E-state index contributed by atoms with van der Waals surface area (Å²) in [6.07, 6.45) is 9.79. The molecule has 2 heterocycles. The number of rotatable bonds is 5. The van der Waals surface area contributed by atoms with Crippen LogP contribution < -0.4 is 4.90 Å². The van der Waals surface area contributed by atoms with Crippen molar-refractivity contribution in [1.82, 2.24) is 4.98 Å². The minimum Gasteiger partial charge on any atom is -0.457 e. The Kier molecular flexibility index (Phi) is 4.57. The third-order valence-corrected chi connectivity index (χ3v) is 6.88. The highest BCUT2D eigenvalue weighted by Gasteiger charge is 2.44. The number of anilines is 1. The van der Waals surface area contributed by atoms with Gasteiger partial charge in [0.2, 0.25) is 5.78 Å². The number of aromatic nitrogens is 1. The molecule has 130 valence electrons. The van der Waals surface area contributed by atoms with Crippen molar-refractivity contribution in [3.63, 3.8) is 0 Å². The van der Waals surface area contributed by atoms with E-state index < -0.39 is 0 Å². The van der Waals surface area contributed by atoms with Gasteiger partial charge in [0.1, 0.15) is 0 Å². The molecule has 5 nitrogen and oxygen atoms in total. The van der Waals surface area contributed by atoms with Crippen molar-refractivity contribution < 1.29 is 14.3 Å². The van der Waals surface area contributed by atoms with Crippen LogP contribution in [-0.2, 0) is 9.53 Å². The fraction of sp³-hybridized carbons (Fsp3) is 0.722. The average Bonchev–Trinajstić information content (AvgIpc) is 3.36. The van der Waals surface area contributed by atoms with Crippen LogP contribution in [0.25, 0.3) is 0 Å². The molecular weight excluding hydrogens is 324 g/mol. The predicted octanol–water partition coefficient (Wildman–Crippen LogP) is 3.30. The Morgan fingerprint density at radius 1 is 1.21 bits per heavy atom. The monoisotopic (exact) mass is 348 g/mol. The van der Waals surface area contributed by atoms with Crippen LogP contribution in [0.15, 0.2) is 6.20 Å². The van der Waals surface area contributed by atoms with Crippen molar-refractivity contribution in [3.05, 3.63) is 11.1 Å². The maximum absolute atomic E-state index is 12.3. The van der Waals surface area contributed by atoms with Gasteiger partial charge in [-0.15, -0.1) is 0 Å². The fourth-order valence-corrected chi connectivity index (χ4v) is 5.37. The first-order valence-corrected chi connectivity index (χ1v) is 9.93. The Bertz CT molecular complexity index is 624. The third kappa shape index (κ3) is 3.21. The Labute approximate surface area is 146 Å². The number of Topliss-reactive ketones (excluding diaryl/α,β-unsaturated/α-hetero) is 1. The normalized spacial score (nSPS) is 29.0. The van der Waals surface area contributed by atoms with Gasteiger partial charge in [-0.25, -0.2) is 4.98 Å². The average molecular weight is 348 g/mol. The zero-order valence-corrected chi connectivity index (χ0v) is 14.7. The van der Waals surface area contributed by atoms with Crippen LogP contribution in [0.5, 0.6) is 0 Å². The van der Waals surface area contributed by atoms with Gasteiger partial charge in [0, 0.05) is 13.1 Å². The van der Waals surface area contributed by atoms with Crippen molar-refractivity contribution in [2.75, 3.05) is 24.6 Å². The van der Waals surface area contributed by atoms with Gasteiger partial charge in [0.05, 0.1) is 17.0 Å². The first-order chi connectivity index (χ1) is 11.7. The van der Waals surface area contributed by atoms with Crippen LogP contribution >= 0.6 is 11.3 Å². The van der Waals surface area contributed by atoms with Crippen LogP contribution in [0.2, 0.25) is 0 Å². The first kappa shape index (κ1) is 16.1. The molecule has 0 unspecified atom stereocenters. The maximum atomic E-state index is 12.3. The lowest BCUT2D eigenvalue weighted by molar-refractivity contribution is -0.149. The molecule has 2 aliphatic carbocycles. The topological polar surface area (TPSA) is 59.5 Å².